The lowest BCUT2D eigenvalue weighted by Crippen LogP contribution is -1.95. The average molecular weight is 294 g/mol. The molecule has 0 aromatic heterocycles. The van der Waals surface area contributed by atoms with Crippen LogP contribution in [0.15, 0.2) is 48.5 Å². The number of aromatic hydroxyl groups is 2. The second kappa shape index (κ2) is 8.18. The third-order valence-corrected chi connectivity index (χ3v) is 2.27. The minimum absolute atomic E-state index is 0. The van der Waals surface area contributed by atoms with Gasteiger partial charge in [-0.15, -0.1) is 0 Å². The topological polar surface area (TPSA) is 147 Å². The number of carboxylic acid groups (broad SMARTS) is 2. The Kier molecular flexibility index (Phi) is 6.99. The summed E-state index contributed by atoms with van der Waals surface area (Å²) in [6, 6.07) is 11.6. The highest BCUT2D eigenvalue weighted by Gasteiger charge is 2.06. The maximum absolute atomic E-state index is 10.3. The monoisotopic (exact) mass is 294 g/mol. The Balaban J connectivity index is 0.000000364. The van der Waals surface area contributed by atoms with E-state index in [0.29, 0.717) is 0 Å². The van der Waals surface area contributed by atoms with Crippen LogP contribution in [0.1, 0.15) is 20.7 Å². The number of para-hydroxylation sites is 2. The van der Waals surface area contributed by atoms with E-state index in [0.717, 1.165) is 0 Å². The SMILES string of the molecule is O.O=C(O)c1ccccc1O.O=C(O)c1ccccc1O. The van der Waals surface area contributed by atoms with Crippen molar-refractivity contribution in [2.24, 2.45) is 0 Å². The lowest BCUT2D eigenvalue weighted by Gasteiger charge is -1.95. The minimum atomic E-state index is -1.11. The van der Waals surface area contributed by atoms with Crippen molar-refractivity contribution >= 4 is 11.9 Å². The fraction of sp³-hybridized carbons (Fsp3) is 0. The van der Waals surface area contributed by atoms with Crippen LogP contribution in [0.5, 0.6) is 11.5 Å². The smallest absolute Gasteiger partial charge is 0.339 e. The third kappa shape index (κ3) is 5.21. The standard InChI is InChI=1S/2C7H6O3.H2O/c2*8-6-4-2-1-3-5(6)7(9)10;/h2*1-4,8H,(H,9,10);1H2. The summed E-state index contributed by atoms with van der Waals surface area (Å²) in [6.45, 7) is 0. The first kappa shape index (κ1) is 17.9. The Morgan fingerprint density at radius 1 is 0.667 bits per heavy atom. The zero-order valence-electron chi connectivity index (χ0n) is 10.7. The van der Waals surface area contributed by atoms with Gasteiger partial charge in [-0.2, -0.15) is 0 Å². The largest absolute Gasteiger partial charge is 0.507 e. The van der Waals surface area contributed by atoms with Crippen LogP contribution in [-0.2, 0) is 0 Å². The van der Waals surface area contributed by atoms with E-state index in [1.54, 1.807) is 24.3 Å². The minimum Gasteiger partial charge on any atom is -0.507 e. The number of phenols is 2. The fourth-order valence-electron chi connectivity index (χ4n) is 1.31. The van der Waals surface area contributed by atoms with Crippen molar-refractivity contribution in [1.29, 1.82) is 0 Å². The second-order valence-electron chi connectivity index (χ2n) is 3.64. The van der Waals surface area contributed by atoms with E-state index in [-0.39, 0.29) is 28.1 Å². The predicted octanol–water partition coefficient (Wildman–Crippen LogP) is 1.36. The van der Waals surface area contributed by atoms with Crippen molar-refractivity contribution in [3.05, 3.63) is 59.7 Å². The molecule has 0 aliphatic heterocycles. The molecule has 7 nitrogen and oxygen atoms in total. The van der Waals surface area contributed by atoms with E-state index in [4.69, 9.17) is 20.4 Å². The van der Waals surface area contributed by atoms with Crippen LogP contribution in [0.4, 0.5) is 0 Å². The van der Waals surface area contributed by atoms with Gasteiger partial charge < -0.3 is 25.9 Å². The van der Waals surface area contributed by atoms with E-state index in [1.165, 1.54) is 24.3 Å². The Morgan fingerprint density at radius 2 is 0.952 bits per heavy atom. The van der Waals surface area contributed by atoms with Crippen LogP contribution in [0.2, 0.25) is 0 Å². The van der Waals surface area contributed by atoms with Gasteiger partial charge in [0, 0.05) is 0 Å². The van der Waals surface area contributed by atoms with Gasteiger partial charge in [0.25, 0.3) is 0 Å². The first-order chi connectivity index (χ1) is 9.43. The van der Waals surface area contributed by atoms with Gasteiger partial charge in [-0.3, -0.25) is 0 Å². The molecule has 0 amide bonds. The number of hydrogen-bond acceptors (Lipinski definition) is 4. The molecule has 0 aliphatic rings. The Bertz CT molecular complexity index is 567. The van der Waals surface area contributed by atoms with Crippen LogP contribution in [0.3, 0.4) is 0 Å². The molecule has 112 valence electrons. The highest BCUT2D eigenvalue weighted by atomic mass is 16.4. The summed E-state index contributed by atoms with van der Waals surface area (Å²) in [7, 11) is 0. The first-order valence-electron chi connectivity index (χ1n) is 5.46. The van der Waals surface area contributed by atoms with Crippen LogP contribution >= 0.6 is 0 Å². The van der Waals surface area contributed by atoms with E-state index in [2.05, 4.69) is 0 Å². The van der Waals surface area contributed by atoms with Crippen molar-refractivity contribution in [3.8, 4) is 11.5 Å². The molecule has 0 radical (unpaired) electrons. The maximum atomic E-state index is 10.3. The summed E-state index contributed by atoms with van der Waals surface area (Å²) < 4.78 is 0. The molecule has 0 fully saturated rings. The van der Waals surface area contributed by atoms with Crippen LogP contribution in [0.25, 0.3) is 0 Å². The van der Waals surface area contributed by atoms with Gasteiger partial charge >= 0.3 is 11.9 Å². The van der Waals surface area contributed by atoms with Gasteiger partial charge in [0.2, 0.25) is 0 Å². The normalized spacial score (nSPS) is 8.76. The number of carboxylic acids is 2. The average Bonchev–Trinajstić information content (AvgIpc) is 2.40. The number of carbonyl (C=O) groups is 2. The first-order valence-corrected chi connectivity index (χ1v) is 5.46. The van der Waals surface area contributed by atoms with E-state index in [1.807, 2.05) is 0 Å². The fourth-order valence-corrected chi connectivity index (χ4v) is 1.31. The molecule has 0 saturated carbocycles. The Labute approximate surface area is 119 Å². The number of benzene rings is 2. The highest BCUT2D eigenvalue weighted by Crippen LogP contribution is 2.15. The maximum Gasteiger partial charge on any atom is 0.339 e. The number of rotatable bonds is 2. The Morgan fingerprint density at radius 3 is 1.14 bits per heavy atom. The Hall–Kier alpha value is -3.06. The third-order valence-electron chi connectivity index (χ3n) is 2.27. The van der Waals surface area contributed by atoms with Gasteiger partial charge in [-0.25, -0.2) is 9.59 Å². The molecular formula is C14H14O7. The van der Waals surface area contributed by atoms with E-state index in [9.17, 15) is 9.59 Å². The van der Waals surface area contributed by atoms with Crippen LogP contribution in [-0.4, -0.2) is 37.8 Å². The van der Waals surface area contributed by atoms with Crippen LogP contribution in [0, 0.1) is 0 Å². The molecule has 7 heteroatoms. The van der Waals surface area contributed by atoms with Crippen molar-refractivity contribution < 1.29 is 35.5 Å². The zero-order valence-corrected chi connectivity index (χ0v) is 10.7. The lowest BCUT2D eigenvalue weighted by molar-refractivity contribution is 0.0682. The summed E-state index contributed by atoms with van der Waals surface area (Å²) in [6.07, 6.45) is 0. The predicted molar refractivity (Wildman–Crippen MR) is 73.7 cm³/mol. The highest BCUT2D eigenvalue weighted by molar-refractivity contribution is 5.91. The quantitative estimate of drug-likeness (QED) is 0.657. The van der Waals surface area contributed by atoms with Gasteiger partial charge in [-0.1, -0.05) is 24.3 Å². The molecule has 2 aromatic rings. The molecule has 2 rings (SSSR count). The van der Waals surface area contributed by atoms with Crippen molar-refractivity contribution in [3.63, 3.8) is 0 Å². The number of hydrogen-bond donors (Lipinski definition) is 4. The molecule has 0 bridgehead atoms. The molecule has 6 N–H and O–H groups in total. The molecule has 0 atom stereocenters. The summed E-state index contributed by atoms with van der Waals surface area (Å²) in [5.41, 5.74) is -0.134. The number of aromatic carboxylic acids is 2. The second-order valence-corrected chi connectivity index (χ2v) is 3.64. The summed E-state index contributed by atoms with van der Waals surface area (Å²) in [5, 5.41) is 34.6. The summed E-state index contributed by atoms with van der Waals surface area (Å²) in [4.78, 5) is 20.5. The summed E-state index contributed by atoms with van der Waals surface area (Å²) in [5.74, 6) is -2.62. The van der Waals surface area contributed by atoms with Gasteiger partial charge in [0.1, 0.15) is 22.6 Å². The van der Waals surface area contributed by atoms with E-state index >= 15 is 0 Å². The van der Waals surface area contributed by atoms with Gasteiger partial charge in [-0.05, 0) is 24.3 Å². The molecule has 0 aliphatic carbocycles. The molecule has 0 heterocycles. The van der Waals surface area contributed by atoms with Crippen molar-refractivity contribution in [2.75, 3.05) is 0 Å². The zero-order chi connectivity index (χ0) is 15.1. The lowest BCUT2D eigenvalue weighted by atomic mass is 10.2. The summed E-state index contributed by atoms with van der Waals surface area (Å²) >= 11 is 0. The van der Waals surface area contributed by atoms with Crippen LogP contribution < -0.4 is 0 Å². The molecule has 0 saturated heterocycles. The molecule has 0 unspecified atom stereocenters. The van der Waals surface area contributed by atoms with E-state index < -0.39 is 11.9 Å². The van der Waals surface area contributed by atoms with Gasteiger partial charge in [0.05, 0.1) is 0 Å². The molecule has 0 spiro atoms. The van der Waals surface area contributed by atoms with Gasteiger partial charge in [0.15, 0.2) is 0 Å². The van der Waals surface area contributed by atoms with Crippen molar-refractivity contribution in [2.45, 2.75) is 0 Å². The molecule has 2 aromatic carbocycles. The van der Waals surface area contributed by atoms with Crippen molar-refractivity contribution in [1.82, 2.24) is 0 Å². The molecular weight excluding hydrogens is 280 g/mol. The molecule has 21 heavy (non-hydrogen) atoms.